The summed E-state index contributed by atoms with van der Waals surface area (Å²) in [5.41, 5.74) is -1.62. The molecule has 0 radical (unpaired) electrons. The molecule has 4 aliphatic rings. The third-order valence-electron chi connectivity index (χ3n) is 10.6. The molecule has 0 amide bonds. The van der Waals surface area contributed by atoms with Crippen LogP contribution in [0.15, 0.2) is 30.3 Å². The predicted octanol–water partition coefficient (Wildman–Crippen LogP) is 5.01. The number of benzene rings is 1. The van der Waals surface area contributed by atoms with Crippen LogP contribution in [-0.2, 0) is 28.6 Å². The molecule has 1 aromatic rings. The highest BCUT2D eigenvalue weighted by atomic mass is 16.6. The van der Waals surface area contributed by atoms with Crippen molar-refractivity contribution in [1.82, 2.24) is 0 Å². The maximum Gasteiger partial charge on any atom is 0.338 e. The van der Waals surface area contributed by atoms with Gasteiger partial charge < -0.3 is 14.2 Å². The van der Waals surface area contributed by atoms with Crippen molar-refractivity contribution in [3.63, 3.8) is 0 Å². The molecule has 0 saturated heterocycles. The molecule has 206 valence electrons. The number of hydrogen-bond donors (Lipinski definition) is 0. The van der Waals surface area contributed by atoms with Gasteiger partial charge in [-0.25, -0.2) is 4.79 Å². The standard InChI is InChI=1S/C31H40O7/c1-16-15-31(38-19(4)33)24(25(16)37-28(35)20-11-9-8-10-12-20)27(36-18(3)32)30(7)14-13-21-23(29(21,5)6)22(30)17(2)26(31)34/h8-12,16-17,21-25,27H,13-15H2,1-7H3/t16-,17-,21-,22+,23-,24+,25-,27+,30+,31+/m0/s1. The summed E-state index contributed by atoms with van der Waals surface area (Å²) in [6, 6.07) is 8.70. The molecular formula is C31H40O7. The molecule has 0 spiro atoms. The fourth-order valence-electron chi connectivity index (χ4n) is 9.06. The zero-order valence-electron chi connectivity index (χ0n) is 23.5. The molecule has 4 saturated carbocycles. The summed E-state index contributed by atoms with van der Waals surface area (Å²) in [4.78, 5) is 53.1. The first-order valence-corrected chi connectivity index (χ1v) is 13.9. The molecule has 1 aromatic carbocycles. The van der Waals surface area contributed by atoms with Gasteiger partial charge >= 0.3 is 17.9 Å². The smallest absolute Gasteiger partial charge is 0.338 e. The summed E-state index contributed by atoms with van der Waals surface area (Å²) in [6.07, 6.45) is 0.432. The number of fused-ring (bicyclic) bond motifs is 4. The number of ether oxygens (including phenoxy) is 3. The maximum absolute atomic E-state index is 14.6. The van der Waals surface area contributed by atoms with Gasteiger partial charge in [-0.2, -0.15) is 0 Å². The van der Waals surface area contributed by atoms with Gasteiger partial charge in [-0.3, -0.25) is 14.4 Å². The molecule has 10 atom stereocenters. The normalized spacial score (nSPS) is 42.6. The SMILES string of the molecule is CC(=O)O[C@@H]1[C@H]2[C@@H](OC(=O)c3ccccc3)[C@@H](C)C[C@]2(OC(C)=O)C(=O)[C@@H](C)[C@@H]2[C@@H]3[C@H](CC[C@]21C)C3(C)C. The second-order valence-electron chi connectivity index (χ2n) is 13.1. The van der Waals surface area contributed by atoms with Crippen molar-refractivity contribution in [1.29, 1.82) is 0 Å². The molecular weight excluding hydrogens is 484 g/mol. The molecule has 7 heteroatoms. The van der Waals surface area contributed by atoms with Crippen LogP contribution >= 0.6 is 0 Å². The van der Waals surface area contributed by atoms with Crippen LogP contribution in [0.2, 0.25) is 0 Å². The van der Waals surface area contributed by atoms with Gasteiger partial charge in [0, 0.05) is 31.6 Å². The van der Waals surface area contributed by atoms with Crippen molar-refractivity contribution in [2.24, 2.45) is 46.3 Å². The lowest BCUT2D eigenvalue weighted by Gasteiger charge is -2.49. The van der Waals surface area contributed by atoms with Crippen molar-refractivity contribution < 1.29 is 33.4 Å². The predicted molar refractivity (Wildman–Crippen MR) is 139 cm³/mol. The number of carbonyl (C=O) groups excluding carboxylic acids is 4. The Labute approximate surface area is 225 Å². The first kappa shape index (κ1) is 26.9. The van der Waals surface area contributed by atoms with Crippen LogP contribution in [0.4, 0.5) is 0 Å². The number of hydrogen-bond acceptors (Lipinski definition) is 7. The van der Waals surface area contributed by atoms with E-state index in [1.807, 2.05) is 19.9 Å². The third-order valence-corrected chi connectivity index (χ3v) is 10.6. The van der Waals surface area contributed by atoms with E-state index in [9.17, 15) is 19.2 Å². The van der Waals surface area contributed by atoms with Crippen LogP contribution in [0.3, 0.4) is 0 Å². The lowest BCUT2D eigenvalue weighted by molar-refractivity contribution is -0.191. The number of esters is 3. The Morgan fingerprint density at radius 2 is 1.55 bits per heavy atom. The summed E-state index contributed by atoms with van der Waals surface area (Å²) in [6.45, 7) is 13.2. The molecule has 0 heterocycles. The van der Waals surface area contributed by atoms with E-state index in [4.69, 9.17) is 14.2 Å². The highest BCUT2D eigenvalue weighted by molar-refractivity contribution is 5.94. The van der Waals surface area contributed by atoms with Gasteiger partial charge in [0.2, 0.25) is 0 Å². The highest BCUT2D eigenvalue weighted by Gasteiger charge is 2.76. The second-order valence-corrected chi connectivity index (χ2v) is 13.1. The monoisotopic (exact) mass is 524 g/mol. The molecule has 5 rings (SSSR count). The van der Waals surface area contributed by atoms with E-state index in [2.05, 4.69) is 20.8 Å². The van der Waals surface area contributed by atoms with E-state index < -0.39 is 53.0 Å². The van der Waals surface area contributed by atoms with E-state index in [-0.39, 0.29) is 29.5 Å². The fourth-order valence-corrected chi connectivity index (χ4v) is 9.06. The van der Waals surface area contributed by atoms with Crippen molar-refractivity contribution in [3.05, 3.63) is 35.9 Å². The maximum atomic E-state index is 14.6. The molecule has 0 N–H and O–H groups in total. The Morgan fingerprint density at radius 3 is 2.16 bits per heavy atom. The molecule has 7 nitrogen and oxygen atoms in total. The van der Waals surface area contributed by atoms with Crippen molar-refractivity contribution in [3.8, 4) is 0 Å². The van der Waals surface area contributed by atoms with E-state index in [1.54, 1.807) is 24.3 Å². The molecule has 4 aliphatic carbocycles. The van der Waals surface area contributed by atoms with Gasteiger partial charge in [0.15, 0.2) is 11.4 Å². The van der Waals surface area contributed by atoms with Gasteiger partial charge in [0.25, 0.3) is 0 Å². The summed E-state index contributed by atoms with van der Waals surface area (Å²) in [5.74, 6) is -2.44. The number of rotatable bonds is 4. The van der Waals surface area contributed by atoms with Crippen LogP contribution in [0, 0.1) is 46.3 Å². The minimum absolute atomic E-state index is 0.0492. The average Bonchev–Trinajstić information content (AvgIpc) is 3.30. The molecule has 0 aliphatic heterocycles. The largest absolute Gasteiger partial charge is 0.461 e. The van der Waals surface area contributed by atoms with Gasteiger partial charge in [-0.05, 0) is 54.1 Å². The number of carbonyl (C=O) groups is 4. The summed E-state index contributed by atoms with van der Waals surface area (Å²) in [7, 11) is 0. The van der Waals surface area contributed by atoms with Crippen LogP contribution in [0.5, 0.6) is 0 Å². The fraction of sp³-hybridized carbons (Fsp3) is 0.677. The van der Waals surface area contributed by atoms with E-state index in [1.165, 1.54) is 13.8 Å². The first-order chi connectivity index (χ1) is 17.8. The summed E-state index contributed by atoms with van der Waals surface area (Å²) in [5, 5.41) is 0. The Kier molecular flexibility index (Phi) is 6.31. The van der Waals surface area contributed by atoms with Crippen molar-refractivity contribution in [2.75, 3.05) is 0 Å². The zero-order valence-corrected chi connectivity index (χ0v) is 23.5. The molecule has 4 fully saturated rings. The minimum Gasteiger partial charge on any atom is -0.461 e. The quantitative estimate of drug-likeness (QED) is 0.404. The van der Waals surface area contributed by atoms with Gasteiger partial charge in [-0.1, -0.05) is 52.8 Å². The molecule has 38 heavy (non-hydrogen) atoms. The van der Waals surface area contributed by atoms with Crippen LogP contribution in [-0.4, -0.2) is 41.5 Å². The van der Waals surface area contributed by atoms with E-state index in [0.717, 1.165) is 12.8 Å². The van der Waals surface area contributed by atoms with Crippen LogP contribution in [0.1, 0.15) is 78.1 Å². The Bertz CT molecular complexity index is 1160. The highest BCUT2D eigenvalue weighted by Crippen LogP contribution is 2.74. The lowest BCUT2D eigenvalue weighted by Crippen LogP contribution is -2.56. The molecule has 0 bridgehead atoms. The van der Waals surface area contributed by atoms with Gasteiger partial charge in [0.1, 0.15) is 12.2 Å². The van der Waals surface area contributed by atoms with Gasteiger partial charge in [-0.15, -0.1) is 0 Å². The number of Topliss-reactive ketones (excluding diaryl/α,β-unsaturated/α-hetero) is 1. The lowest BCUT2D eigenvalue weighted by atomic mass is 9.59. The summed E-state index contributed by atoms with van der Waals surface area (Å²) >= 11 is 0. The third kappa shape index (κ3) is 3.83. The Balaban J connectivity index is 1.67. The van der Waals surface area contributed by atoms with Crippen molar-refractivity contribution >= 4 is 23.7 Å². The van der Waals surface area contributed by atoms with E-state index >= 15 is 0 Å². The number of ketones is 1. The molecule has 0 unspecified atom stereocenters. The van der Waals surface area contributed by atoms with Gasteiger partial charge in [0.05, 0.1) is 11.5 Å². The average molecular weight is 525 g/mol. The summed E-state index contributed by atoms with van der Waals surface area (Å²) < 4.78 is 18.4. The van der Waals surface area contributed by atoms with E-state index in [0.29, 0.717) is 17.4 Å². The Hall–Kier alpha value is -2.70. The minimum atomic E-state index is -1.54. The van der Waals surface area contributed by atoms with Crippen molar-refractivity contribution in [2.45, 2.75) is 85.5 Å². The van der Waals surface area contributed by atoms with Crippen LogP contribution < -0.4 is 0 Å². The first-order valence-electron chi connectivity index (χ1n) is 13.9. The Morgan fingerprint density at radius 1 is 0.895 bits per heavy atom. The topological polar surface area (TPSA) is 96.0 Å². The second kappa shape index (κ2) is 8.92. The van der Waals surface area contributed by atoms with Crippen LogP contribution in [0.25, 0.3) is 0 Å². The molecule has 0 aromatic heterocycles. The zero-order chi connectivity index (χ0) is 27.8.